The van der Waals surface area contributed by atoms with E-state index < -0.39 is 0 Å². The van der Waals surface area contributed by atoms with E-state index in [1.165, 1.54) is 49.4 Å². The Labute approximate surface area is 179 Å². The molecule has 3 rings (SSSR count). The fourth-order valence-corrected chi connectivity index (χ4v) is 3.56. The third kappa shape index (κ3) is 8.43. The van der Waals surface area contributed by atoms with E-state index in [9.17, 15) is 0 Å². The highest BCUT2D eigenvalue weighted by molar-refractivity contribution is 5.72. The molecule has 1 unspecified atom stereocenters. The number of piperazine rings is 1. The molecule has 0 aromatic heterocycles. The molecule has 1 heterocycles. The molecule has 4 heteroatoms. The summed E-state index contributed by atoms with van der Waals surface area (Å²) in [6, 6.07) is 11.3. The smallest absolute Gasteiger partial charge is 0.0199 e. The normalized spacial score (nSPS) is 19.0. The van der Waals surface area contributed by atoms with Gasteiger partial charge in [0.25, 0.3) is 0 Å². The lowest BCUT2D eigenvalue weighted by molar-refractivity contribution is 0.120. The van der Waals surface area contributed by atoms with Crippen LogP contribution in [0.2, 0.25) is 0 Å². The first-order valence-corrected chi connectivity index (χ1v) is 11.1. The summed E-state index contributed by atoms with van der Waals surface area (Å²) in [5, 5.41) is 0. The predicted octanol–water partition coefficient (Wildman–Crippen LogP) is 3.54. The number of hydrogen-bond acceptors (Lipinski definition) is 4. The molecule has 2 aliphatic rings. The summed E-state index contributed by atoms with van der Waals surface area (Å²) in [5.74, 6) is 0. The lowest BCUT2D eigenvalue weighted by Gasteiger charge is -2.36. The van der Waals surface area contributed by atoms with Crippen molar-refractivity contribution in [2.75, 3.05) is 74.0 Å². The van der Waals surface area contributed by atoms with Crippen molar-refractivity contribution in [3.05, 3.63) is 53.6 Å². The van der Waals surface area contributed by atoms with Crippen LogP contribution in [0.3, 0.4) is 0 Å². The Kier molecular flexibility index (Phi) is 10.1. The van der Waals surface area contributed by atoms with Crippen molar-refractivity contribution >= 4 is 5.57 Å². The minimum atomic E-state index is 0.593. The van der Waals surface area contributed by atoms with Crippen LogP contribution in [0.4, 0.5) is 0 Å². The molecule has 0 saturated carbocycles. The van der Waals surface area contributed by atoms with E-state index in [1.54, 1.807) is 0 Å². The van der Waals surface area contributed by atoms with E-state index in [0.717, 1.165) is 19.5 Å². The number of likely N-dealkylation sites (N-methyl/N-ethyl adjacent to an activating group) is 2. The number of rotatable bonds is 7. The second kappa shape index (κ2) is 12.3. The van der Waals surface area contributed by atoms with Crippen molar-refractivity contribution < 1.29 is 0 Å². The summed E-state index contributed by atoms with van der Waals surface area (Å²) >= 11 is 0. The molecule has 29 heavy (non-hydrogen) atoms. The summed E-state index contributed by atoms with van der Waals surface area (Å²) in [5.41, 5.74) is 4.34. The van der Waals surface area contributed by atoms with Crippen LogP contribution in [-0.4, -0.2) is 99.6 Å². The van der Waals surface area contributed by atoms with Crippen LogP contribution in [-0.2, 0) is 0 Å². The Morgan fingerprint density at radius 2 is 1.59 bits per heavy atom. The first kappa shape index (κ1) is 23.8. The largest absolute Gasteiger partial charge is 0.310 e. The van der Waals surface area contributed by atoms with Gasteiger partial charge >= 0.3 is 0 Å². The van der Waals surface area contributed by atoms with E-state index in [-0.39, 0.29) is 0 Å². The molecule has 4 nitrogen and oxygen atoms in total. The number of nitrogens with zero attached hydrogens (tertiary/aromatic N) is 4. The Morgan fingerprint density at radius 3 is 2.17 bits per heavy atom. The third-order valence-electron chi connectivity index (χ3n) is 6.04. The van der Waals surface area contributed by atoms with Crippen LogP contribution in [0, 0.1) is 0 Å². The summed E-state index contributed by atoms with van der Waals surface area (Å²) in [7, 11) is 8.60. The third-order valence-corrected chi connectivity index (χ3v) is 6.04. The number of benzene rings is 1. The molecule has 0 amide bonds. The van der Waals surface area contributed by atoms with Gasteiger partial charge in [0.2, 0.25) is 0 Å². The van der Waals surface area contributed by atoms with E-state index in [0.29, 0.717) is 6.04 Å². The van der Waals surface area contributed by atoms with Crippen molar-refractivity contribution in [3.63, 3.8) is 0 Å². The zero-order valence-corrected chi connectivity index (χ0v) is 19.6. The number of hydrogen-bond donors (Lipinski definition) is 0. The fourth-order valence-electron chi connectivity index (χ4n) is 3.56. The Hall–Kier alpha value is -1.46. The molecule has 1 aromatic rings. The first-order chi connectivity index (χ1) is 13.9. The molecule has 162 valence electrons. The van der Waals surface area contributed by atoms with Crippen molar-refractivity contribution in [3.8, 4) is 0 Å². The molecule has 1 aliphatic heterocycles. The average Bonchev–Trinajstić information content (AvgIpc) is 3.19. The lowest BCUT2D eigenvalue weighted by atomic mass is 10.0. The van der Waals surface area contributed by atoms with Crippen molar-refractivity contribution in [1.29, 1.82) is 0 Å². The Morgan fingerprint density at radius 1 is 0.966 bits per heavy atom. The molecule has 1 atom stereocenters. The standard InChI is InChI=1S/C21H31N3.C4H11N/c1-18(16-24-13-11-22(2)12-14-24)23(3)17-19-9-10-21(15-19)20-7-5-4-6-8-20;1-4-5(2)3/h4-10,18H,11-17H2,1-3H3;4H2,1-3H3. The lowest BCUT2D eigenvalue weighted by Crippen LogP contribution is -2.49. The van der Waals surface area contributed by atoms with Gasteiger partial charge in [-0.05, 0) is 59.2 Å². The second-order valence-electron chi connectivity index (χ2n) is 8.82. The van der Waals surface area contributed by atoms with Gasteiger partial charge in [-0.3, -0.25) is 9.80 Å². The minimum Gasteiger partial charge on any atom is -0.310 e. The van der Waals surface area contributed by atoms with Gasteiger partial charge < -0.3 is 9.80 Å². The van der Waals surface area contributed by atoms with Gasteiger partial charge in [0.15, 0.2) is 0 Å². The predicted molar refractivity (Wildman–Crippen MR) is 127 cm³/mol. The first-order valence-electron chi connectivity index (χ1n) is 11.1. The molecular weight excluding hydrogens is 356 g/mol. The maximum atomic E-state index is 2.61. The van der Waals surface area contributed by atoms with Gasteiger partial charge in [0, 0.05) is 45.3 Å². The van der Waals surface area contributed by atoms with Crippen LogP contribution < -0.4 is 0 Å². The Balaban J connectivity index is 0.000000537. The van der Waals surface area contributed by atoms with Gasteiger partial charge in [-0.15, -0.1) is 0 Å². The van der Waals surface area contributed by atoms with E-state index >= 15 is 0 Å². The highest BCUT2D eigenvalue weighted by atomic mass is 15.3. The molecular formula is C25H42N4. The Bertz CT molecular complexity index is 642. The van der Waals surface area contributed by atoms with Crippen LogP contribution in [0.15, 0.2) is 48.1 Å². The van der Waals surface area contributed by atoms with Crippen LogP contribution in [0.1, 0.15) is 25.8 Å². The summed E-state index contributed by atoms with van der Waals surface area (Å²) in [4.78, 5) is 9.66. The van der Waals surface area contributed by atoms with Gasteiger partial charge in [0.05, 0.1) is 0 Å². The van der Waals surface area contributed by atoms with Crippen molar-refractivity contribution in [2.45, 2.75) is 26.3 Å². The monoisotopic (exact) mass is 398 g/mol. The highest BCUT2D eigenvalue weighted by Crippen LogP contribution is 2.28. The summed E-state index contributed by atoms with van der Waals surface area (Å²) in [6.07, 6.45) is 5.71. The van der Waals surface area contributed by atoms with Gasteiger partial charge in [-0.1, -0.05) is 55.0 Å². The van der Waals surface area contributed by atoms with Crippen LogP contribution in [0.5, 0.6) is 0 Å². The number of allylic oxidation sites excluding steroid dienone is 3. The van der Waals surface area contributed by atoms with E-state index in [1.807, 2.05) is 0 Å². The van der Waals surface area contributed by atoms with Crippen LogP contribution in [0.25, 0.3) is 5.57 Å². The quantitative estimate of drug-likeness (QED) is 0.696. The molecule has 1 aromatic carbocycles. The molecule has 0 N–H and O–H groups in total. The van der Waals surface area contributed by atoms with Gasteiger partial charge in [0.1, 0.15) is 0 Å². The molecule has 1 aliphatic carbocycles. The SMILES string of the molecule is CC(CN1CCN(C)CC1)N(C)CC1=CC=C(c2ccccc2)C1.CCN(C)C. The summed E-state index contributed by atoms with van der Waals surface area (Å²) < 4.78 is 0. The average molecular weight is 399 g/mol. The van der Waals surface area contributed by atoms with Crippen molar-refractivity contribution in [2.24, 2.45) is 0 Å². The van der Waals surface area contributed by atoms with Gasteiger partial charge in [-0.25, -0.2) is 0 Å². The minimum absolute atomic E-state index is 0.593. The zero-order valence-electron chi connectivity index (χ0n) is 19.6. The second-order valence-corrected chi connectivity index (χ2v) is 8.82. The maximum absolute atomic E-state index is 2.61. The van der Waals surface area contributed by atoms with Crippen LogP contribution >= 0.6 is 0 Å². The van der Waals surface area contributed by atoms with Crippen molar-refractivity contribution in [1.82, 2.24) is 19.6 Å². The topological polar surface area (TPSA) is 13.0 Å². The summed E-state index contributed by atoms with van der Waals surface area (Å²) in [6.45, 7) is 12.7. The molecule has 0 radical (unpaired) electrons. The fraction of sp³-hybridized carbons (Fsp3) is 0.600. The van der Waals surface area contributed by atoms with E-state index in [2.05, 4.69) is 104 Å². The van der Waals surface area contributed by atoms with E-state index in [4.69, 9.17) is 0 Å². The van der Waals surface area contributed by atoms with Gasteiger partial charge in [-0.2, -0.15) is 0 Å². The molecule has 1 fully saturated rings. The molecule has 0 bridgehead atoms. The zero-order chi connectivity index (χ0) is 21.2. The maximum Gasteiger partial charge on any atom is 0.0199 e. The molecule has 1 saturated heterocycles. The molecule has 0 spiro atoms. The highest BCUT2D eigenvalue weighted by Gasteiger charge is 2.19.